The molecule has 1 aliphatic carbocycles. The van der Waals surface area contributed by atoms with E-state index in [2.05, 4.69) is 31.2 Å². The average Bonchev–Trinajstić information content (AvgIpc) is 2.40. The topological polar surface area (TPSA) is 17.1 Å². The molecule has 2 unspecified atom stereocenters. The lowest BCUT2D eigenvalue weighted by Crippen LogP contribution is -2.21. The molecule has 1 nitrogen and oxygen atoms in total. The summed E-state index contributed by atoms with van der Waals surface area (Å²) >= 11 is 0. The van der Waals surface area contributed by atoms with Crippen molar-refractivity contribution in [3.8, 4) is 0 Å². The molecule has 0 heterocycles. The summed E-state index contributed by atoms with van der Waals surface area (Å²) in [4.78, 5) is 12.1. The molecule has 1 saturated carbocycles. The summed E-state index contributed by atoms with van der Waals surface area (Å²) in [7, 11) is 0. The monoisotopic (exact) mass is 244 g/mol. The second-order valence-electron chi connectivity index (χ2n) is 5.77. The van der Waals surface area contributed by atoms with E-state index in [0.717, 1.165) is 38.0 Å². The van der Waals surface area contributed by atoms with Gasteiger partial charge in [-0.15, -0.1) is 0 Å². The molecule has 0 aromatic heterocycles. The predicted octanol–water partition coefficient (Wildman–Crippen LogP) is 4.40. The largest absolute Gasteiger partial charge is 0.299 e. The van der Waals surface area contributed by atoms with Crippen molar-refractivity contribution in [3.63, 3.8) is 0 Å². The summed E-state index contributed by atoms with van der Waals surface area (Å²) in [6.07, 6.45) is 7.64. The molecular formula is C17H24O. The number of hydrogen-bond acceptors (Lipinski definition) is 1. The molecule has 0 spiro atoms. The Balaban J connectivity index is 1.71. The lowest BCUT2D eigenvalue weighted by molar-refractivity contribution is -0.124. The fourth-order valence-electron chi connectivity index (χ4n) is 3.04. The molecule has 98 valence electrons. The van der Waals surface area contributed by atoms with Crippen molar-refractivity contribution in [1.29, 1.82) is 0 Å². The lowest BCUT2D eigenvalue weighted by atomic mass is 9.79. The first-order valence-electron chi connectivity index (χ1n) is 7.32. The number of rotatable bonds is 5. The van der Waals surface area contributed by atoms with Gasteiger partial charge in [-0.25, -0.2) is 0 Å². The quantitative estimate of drug-likeness (QED) is 0.750. The fraction of sp³-hybridized carbons (Fsp3) is 0.588. The van der Waals surface area contributed by atoms with Crippen molar-refractivity contribution in [2.45, 2.75) is 51.9 Å². The highest BCUT2D eigenvalue weighted by atomic mass is 16.1. The molecule has 0 N–H and O–H groups in total. The number of hydrogen-bond donors (Lipinski definition) is 0. The van der Waals surface area contributed by atoms with Crippen LogP contribution in [0.5, 0.6) is 0 Å². The van der Waals surface area contributed by atoms with Gasteiger partial charge in [0, 0.05) is 12.3 Å². The maximum absolute atomic E-state index is 12.1. The lowest BCUT2D eigenvalue weighted by Gasteiger charge is -2.25. The Labute approximate surface area is 111 Å². The minimum atomic E-state index is 0.365. The number of Topliss-reactive ketones (excluding diaryl/α,β-unsaturated/α-hetero) is 1. The zero-order valence-corrected chi connectivity index (χ0v) is 11.4. The second-order valence-corrected chi connectivity index (χ2v) is 5.77. The summed E-state index contributed by atoms with van der Waals surface area (Å²) in [6, 6.07) is 10.5. The predicted molar refractivity (Wildman–Crippen MR) is 75.5 cm³/mol. The van der Waals surface area contributed by atoms with E-state index in [9.17, 15) is 4.79 Å². The van der Waals surface area contributed by atoms with Gasteiger partial charge in [0.15, 0.2) is 0 Å². The Kier molecular flexibility index (Phi) is 4.98. The van der Waals surface area contributed by atoms with Crippen LogP contribution in [-0.2, 0) is 11.2 Å². The third-order valence-electron chi connectivity index (χ3n) is 4.12. The van der Waals surface area contributed by atoms with Crippen molar-refractivity contribution in [2.24, 2.45) is 11.8 Å². The van der Waals surface area contributed by atoms with Gasteiger partial charge in [0.1, 0.15) is 5.78 Å². The third-order valence-corrected chi connectivity index (χ3v) is 4.12. The van der Waals surface area contributed by atoms with Gasteiger partial charge >= 0.3 is 0 Å². The van der Waals surface area contributed by atoms with Crippen LogP contribution >= 0.6 is 0 Å². The van der Waals surface area contributed by atoms with Crippen molar-refractivity contribution in [1.82, 2.24) is 0 Å². The molecule has 1 aliphatic rings. The molecule has 1 aromatic carbocycles. The second kappa shape index (κ2) is 6.72. The molecule has 1 heteroatoms. The van der Waals surface area contributed by atoms with Crippen LogP contribution in [0.25, 0.3) is 0 Å². The van der Waals surface area contributed by atoms with Gasteiger partial charge in [-0.05, 0) is 37.2 Å². The van der Waals surface area contributed by atoms with Crippen LogP contribution < -0.4 is 0 Å². The molecule has 2 atom stereocenters. The minimum absolute atomic E-state index is 0.365. The van der Waals surface area contributed by atoms with E-state index in [-0.39, 0.29) is 0 Å². The summed E-state index contributed by atoms with van der Waals surface area (Å²) in [6.45, 7) is 2.28. The van der Waals surface area contributed by atoms with Crippen LogP contribution in [0.2, 0.25) is 0 Å². The van der Waals surface area contributed by atoms with E-state index >= 15 is 0 Å². The van der Waals surface area contributed by atoms with Crippen molar-refractivity contribution < 1.29 is 4.79 Å². The van der Waals surface area contributed by atoms with Crippen molar-refractivity contribution in [3.05, 3.63) is 35.9 Å². The van der Waals surface area contributed by atoms with Gasteiger partial charge in [0.2, 0.25) is 0 Å². The van der Waals surface area contributed by atoms with E-state index in [0.29, 0.717) is 11.7 Å². The van der Waals surface area contributed by atoms with Crippen LogP contribution in [0.3, 0.4) is 0 Å². The van der Waals surface area contributed by atoms with E-state index in [1.807, 2.05) is 6.07 Å². The highest BCUT2D eigenvalue weighted by Gasteiger charge is 2.24. The molecule has 2 rings (SSSR count). The standard InChI is InChI=1S/C17H24O/c1-14-7-5-11-16(13-14)17(18)12-6-10-15-8-3-2-4-9-15/h2-4,8-9,14,16H,5-7,10-13H2,1H3. The first-order valence-corrected chi connectivity index (χ1v) is 7.32. The maximum Gasteiger partial charge on any atom is 0.135 e. The zero-order valence-electron chi connectivity index (χ0n) is 11.4. The number of ketones is 1. The van der Waals surface area contributed by atoms with E-state index in [1.165, 1.54) is 18.4 Å². The van der Waals surface area contributed by atoms with Crippen molar-refractivity contribution >= 4 is 5.78 Å². The summed E-state index contributed by atoms with van der Waals surface area (Å²) < 4.78 is 0. The van der Waals surface area contributed by atoms with Crippen LogP contribution in [0.15, 0.2) is 30.3 Å². The van der Waals surface area contributed by atoms with Crippen LogP contribution in [0.1, 0.15) is 51.0 Å². The summed E-state index contributed by atoms with van der Waals surface area (Å²) in [5.74, 6) is 1.63. The maximum atomic E-state index is 12.1. The molecule has 0 radical (unpaired) electrons. The molecular weight excluding hydrogens is 220 g/mol. The number of benzene rings is 1. The molecule has 1 fully saturated rings. The molecule has 18 heavy (non-hydrogen) atoms. The van der Waals surface area contributed by atoms with E-state index < -0.39 is 0 Å². The fourth-order valence-corrected chi connectivity index (χ4v) is 3.04. The zero-order chi connectivity index (χ0) is 12.8. The Hall–Kier alpha value is -1.11. The van der Waals surface area contributed by atoms with E-state index in [4.69, 9.17) is 0 Å². The van der Waals surface area contributed by atoms with Crippen LogP contribution in [0.4, 0.5) is 0 Å². The number of carbonyl (C=O) groups excluding carboxylic acids is 1. The Bertz CT molecular complexity index is 368. The van der Waals surface area contributed by atoms with E-state index in [1.54, 1.807) is 0 Å². The van der Waals surface area contributed by atoms with Crippen molar-refractivity contribution in [2.75, 3.05) is 0 Å². The average molecular weight is 244 g/mol. The smallest absolute Gasteiger partial charge is 0.135 e. The Morgan fingerprint density at radius 2 is 2.00 bits per heavy atom. The first-order chi connectivity index (χ1) is 8.75. The number of carbonyl (C=O) groups is 1. The highest BCUT2D eigenvalue weighted by Crippen LogP contribution is 2.30. The number of aryl methyl sites for hydroxylation is 1. The normalized spacial score (nSPS) is 23.8. The highest BCUT2D eigenvalue weighted by molar-refractivity contribution is 5.81. The molecule has 0 saturated heterocycles. The Morgan fingerprint density at radius 1 is 1.22 bits per heavy atom. The van der Waals surface area contributed by atoms with Gasteiger partial charge in [0.25, 0.3) is 0 Å². The van der Waals surface area contributed by atoms with Gasteiger partial charge < -0.3 is 0 Å². The van der Waals surface area contributed by atoms with Gasteiger partial charge in [-0.2, -0.15) is 0 Å². The van der Waals surface area contributed by atoms with Crippen LogP contribution in [0, 0.1) is 11.8 Å². The first kappa shape index (κ1) is 13.3. The Morgan fingerprint density at radius 3 is 2.72 bits per heavy atom. The van der Waals surface area contributed by atoms with Gasteiger partial charge in [-0.1, -0.05) is 50.1 Å². The SMILES string of the molecule is CC1CCCC(C(=O)CCCc2ccccc2)C1. The molecule has 0 aliphatic heterocycles. The molecule has 1 aromatic rings. The van der Waals surface area contributed by atoms with Crippen LogP contribution in [-0.4, -0.2) is 5.78 Å². The molecule has 0 bridgehead atoms. The van der Waals surface area contributed by atoms with Gasteiger partial charge in [0.05, 0.1) is 0 Å². The third kappa shape index (κ3) is 3.97. The molecule has 0 amide bonds. The summed E-state index contributed by atoms with van der Waals surface area (Å²) in [5, 5.41) is 0. The minimum Gasteiger partial charge on any atom is -0.299 e. The summed E-state index contributed by atoms with van der Waals surface area (Å²) in [5.41, 5.74) is 1.35. The van der Waals surface area contributed by atoms with Gasteiger partial charge in [-0.3, -0.25) is 4.79 Å².